The Balaban J connectivity index is 2.68. The minimum atomic E-state index is -4.41. The Bertz CT molecular complexity index is 301. The Morgan fingerprint density at radius 2 is 2.07 bits per heavy atom. The number of hydrogen-bond donors (Lipinski definition) is 0. The van der Waals surface area contributed by atoms with Crippen molar-refractivity contribution in [2.24, 2.45) is 5.41 Å². The normalized spacial score (nSPS) is 18.1. The number of hydrogen-bond acceptors (Lipinski definition) is 2. The number of nitrogens with zero attached hydrogens (tertiary/aromatic N) is 2. The Hall–Kier alpha value is -1.25. The van der Waals surface area contributed by atoms with Crippen LogP contribution in [0.4, 0.5) is 13.2 Å². The van der Waals surface area contributed by atoms with Crippen LogP contribution in [0, 0.1) is 16.7 Å². The van der Waals surface area contributed by atoms with Gasteiger partial charge in [0.05, 0.1) is 6.07 Å². The molecule has 1 saturated carbocycles. The van der Waals surface area contributed by atoms with Gasteiger partial charge in [-0.25, -0.2) is 0 Å². The van der Waals surface area contributed by atoms with E-state index in [-0.39, 0.29) is 6.54 Å². The van der Waals surface area contributed by atoms with Crippen molar-refractivity contribution in [3.63, 3.8) is 0 Å². The molecule has 1 fully saturated rings. The second kappa shape index (κ2) is 3.72. The second-order valence-electron chi connectivity index (χ2n) is 3.63. The van der Waals surface area contributed by atoms with Crippen LogP contribution in [0.2, 0.25) is 0 Å². The first-order valence-electron chi connectivity index (χ1n) is 4.62. The van der Waals surface area contributed by atoms with Gasteiger partial charge in [-0.3, -0.25) is 4.79 Å². The summed E-state index contributed by atoms with van der Waals surface area (Å²) in [5.74, 6) is -0.690. The van der Waals surface area contributed by atoms with Gasteiger partial charge in [-0.2, -0.15) is 18.4 Å². The molecule has 0 aromatic rings. The number of nitriles is 1. The lowest BCUT2D eigenvalue weighted by molar-refractivity contribution is -0.163. The second-order valence-corrected chi connectivity index (χ2v) is 3.63. The molecule has 0 bridgehead atoms. The molecule has 0 unspecified atom stereocenters. The Labute approximate surface area is 85.5 Å². The van der Waals surface area contributed by atoms with Crippen LogP contribution in [0.1, 0.15) is 19.8 Å². The highest BCUT2D eigenvalue weighted by atomic mass is 19.4. The Morgan fingerprint density at radius 1 is 1.53 bits per heavy atom. The molecule has 0 heterocycles. The van der Waals surface area contributed by atoms with Crippen molar-refractivity contribution in [2.45, 2.75) is 25.9 Å². The molecule has 0 aromatic heterocycles. The van der Waals surface area contributed by atoms with Gasteiger partial charge >= 0.3 is 6.18 Å². The fraction of sp³-hybridized carbons (Fsp3) is 0.778. The first-order chi connectivity index (χ1) is 6.84. The number of carbonyl (C=O) groups excluding carboxylic acids is 1. The van der Waals surface area contributed by atoms with Crippen LogP contribution >= 0.6 is 0 Å². The summed E-state index contributed by atoms with van der Waals surface area (Å²) in [6, 6.07) is 1.79. The maximum atomic E-state index is 12.1. The van der Waals surface area contributed by atoms with Gasteiger partial charge in [-0.1, -0.05) is 0 Å². The molecule has 1 aliphatic rings. The number of carbonyl (C=O) groups is 1. The molecular weight excluding hydrogens is 209 g/mol. The molecule has 6 heteroatoms. The molecule has 3 nitrogen and oxygen atoms in total. The molecule has 0 aromatic carbocycles. The molecule has 0 saturated heterocycles. The fourth-order valence-electron chi connectivity index (χ4n) is 1.34. The first kappa shape index (κ1) is 11.8. The van der Waals surface area contributed by atoms with Crippen LogP contribution in [0.5, 0.6) is 0 Å². The number of alkyl halides is 3. The molecule has 1 rings (SSSR count). The molecule has 15 heavy (non-hydrogen) atoms. The van der Waals surface area contributed by atoms with E-state index in [0.717, 1.165) is 0 Å². The van der Waals surface area contributed by atoms with Crippen LogP contribution in [0.15, 0.2) is 0 Å². The van der Waals surface area contributed by atoms with Crippen molar-refractivity contribution in [1.29, 1.82) is 5.26 Å². The van der Waals surface area contributed by atoms with Crippen LogP contribution in [0.3, 0.4) is 0 Å². The highest BCUT2D eigenvalue weighted by Gasteiger charge is 2.53. The molecular formula is C9H11F3N2O. The molecule has 0 radical (unpaired) electrons. The maximum Gasteiger partial charge on any atom is 0.406 e. The molecule has 0 aliphatic heterocycles. The predicted octanol–water partition coefficient (Wildman–Crippen LogP) is 1.70. The van der Waals surface area contributed by atoms with Crippen LogP contribution in [0.25, 0.3) is 0 Å². The van der Waals surface area contributed by atoms with E-state index in [0.29, 0.717) is 17.7 Å². The van der Waals surface area contributed by atoms with Crippen LogP contribution in [-0.2, 0) is 4.79 Å². The molecule has 1 amide bonds. The average molecular weight is 220 g/mol. The third-order valence-electron chi connectivity index (χ3n) is 2.41. The van der Waals surface area contributed by atoms with Crippen molar-refractivity contribution >= 4 is 5.91 Å². The monoisotopic (exact) mass is 220 g/mol. The number of amides is 1. The smallest absolute Gasteiger partial charge is 0.332 e. The van der Waals surface area contributed by atoms with E-state index in [1.807, 2.05) is 0 Å². The highest BCUT2D eigenvalue weighted by Crippen LogP contribution is 2.46. The lowest BCUT2D eigenvalue weighted by Crippen LogP contribution is -2.42. The van der Waals surface area contributed by atoms with E-state index in [1.54, 1.807) is 6.07 Å². The highest BCUT2D eigenvalue weighted by molar-refractivity contribution is 5.88. The van der Waals surface area contributed by atoms with Gasteiger partial charge < -0.3 is 4.90 Å². The van der Waals surface area contributed by atoms with Crippen molar-refractivity contribution in [3.05, 3.63) is 0 Å². The van der Waals surface area contributed by atoms with Crippen molar-refractivity contribution < 1.29 is 18.0 Å². The SMILES string of the molecule is CCN(CC(F)(F)F)C(=O)C1(C#N)CC1. The van der Waals surface area contributed by atoms with Gasteiger partial charge in [0.25, 0.3) is 0 Å². The zero-order valence-electron chi connectivity index (χ0n) is 8.26. The predicted molar refractivity (Wildman–Crippen MR) is 45.6 cm³/mol. The van der Waals surface area contributed by atoms with Gasteiger partial charge in [0.15, 0.2) is 0 Å². The van der Waals surface area contributed by atoms with Gasteiger partial charge in [0.2, 0.25) is 5.91 Å². The quantitative estimate of drug-likeness (QED) is 0.726. The summed E-state index contributed by atoms with van der Waals surface area (Å²) in [7, 11) is 0. The van der Waals surface area contributed by atoms with Crippen molar-refractivity contribution in [3.8, 4) is 6.07 Å². The zero-order valence-corrected chi connectivity index (χ0v) is 8.26. The molecule has 84 valence electrons. The number of rotatable bonds is 3. The molecule has 0 N–H and O–H groups in total. The summed E-state index contributed by atoms with van der Waals surface area (Å²) in [5.41, 5.74) is -1.17. The van der Waals surface area contributed by atoms with Crippen LogP contribution < -0.4 is 0 Å². The Kier molecular flexibility index (Phi) is 2.93. The van der Waals surface area contributed by atoms with E-state index in [9.17, 15) is 18.0 Å². The van der Waals surface area contributed by atoms with Crippen LogP contribution in [-0.4, -0.2) is 30.1 Å². The van der Waals surface area contributed by atoms with Gasteiger partial charge in [-0.15, -0.1) is 0 Å². The largest absolute Gasteiger partial charge is 0.406 e. The first-order valence-corrected chi connectivity index (χ1v) is 4.62. The van der Waals surface area contributed by atoms with E-state index < -0.39 is 24.0 Å². The van der Waals surface area contributed by atoms with Crippen molar-refractivity contribution in [1.82, 2.24) is 4.90 Å². The van der Waals surface area contributed by atoms with E-state index in [1.165, 1.54) is 6.92 Å². The topological polar surface area (TPSA) is 44.1 Å². The van der Waals surface area contributed by atoms with E-state index >= 15 is 0 Å². The van der Waals surface area contributed by atoms with Gasteiger partial charge in [-0.05, 0) is 19.8 Å². The fourth-order valence-corrected chi connectivity index (χ4v) is 1.34. The lowest BCUT2D eigenvalue weighted by Gasteiger charge is -2.24. The lowest BCUT2D eigenvalue weighted by atomic mass is 10.1. The zero-order chi connectivity index (χ0) is 11.7. The third kappa shape index (κ3) is 2.61. The van der Waals surface area contributed by atoms with E-state index in [2.05, 4.69) is 0 Å². The third-order valence-corrected chi connectivity index (χ3v) is 2.41. The molecule has 1 aliphatic carbocycles. The minimum Gasteiger partial charge on any atom is -0.332 e. The van der Waals surface area contributed by atoms with E-state index in [4.69, 9.17) is 5.26 Å². The van der Waals surface area contributed by atoms with Gasteiger partial charge in [0, 0.05) is 6.54 Å². The summed E-state index contributed by atoms with van der Waals surface area (Å²) >= 11 is 0. The summed E-state index contributed by atoms with van der Waals surface area (Å²) in [4.78, 5) is 12.3. The average Bonchev–Trinajstić information content (AvgIpc) is 2.92. The Morgan fingerprint density at radius 3 is 2.33 bits per heavy atom. The summed E-state index contributed by atoms with van der Waals surface area (Å²) in [6.07, 6.45) is -3.66. The minimum absolute atomic E-state index is 0.0260. The molecule has 0 spiro atoms. The standard InChI is InChI=1S/C9H11F3N2O/c1-2-14(6-9(10,11)12)7(15)8(5-13)3-4-8/h2-4,6H2,1H3. The summed E-state index contributed by atoms with van der Waals surface area (Å²) in [5, 5.41) is 8.69. The number of halogens is 3. The summed E-state index contributed by atoms with van der Waals surface area (Å²) < 4.78 is 36.3. The molecule has 0 atom stereocenters. The van der Waals surface area contributed by atoms with Crippen molar-refractivity contribution in [2.75, 3.05) is 13.1 Å². The summed E-state index contributed by atoms with van der Waals surface area (Å²) in [6.45, 7) is 0.171. The van der Waals surface area contributed by atoms with Gasteiger partial charge in [0.1, 0.15) is 12.0 Å². The maximum absolute atomic E-state index is 12.1.